The summed E-state index contributed by atoms with van der Waals surface area (Å²) in [6.07, 6.45) is 2.45. The number of rotatable bonds is 6. The lowest BCUT2D eigenvalue weighted by Crippen LogP contribution is -2.08. The predicted molar refractivity (Wildman–Crippen MR) is 84.2 cm³/mol. The summed E-state index contributed by atoms with van der Waals surface area (Å²) in [6.45, 7) is 0. The summed E-state index contributed by atoms with van der Waals surface area (Å²) in [4.78, 5) is 36.4. The number of anilines is 1. The molecule has 118 valence electrons. The number of carboxylic acids is 1. The fourth-order valence-corrected chi connectivity index (χ4v) is 2.37. The number of nitrogens with zero attached hydrogens (tertiary/aromatic N) is 2. The van der Waals surface area contributed by atoms with E-state index in [1.807, 2.05) is 0 Å². The van der Waals surface area contributed by atoms with Gasteiger partial charge in [0.1, 0.15) is 0 Å². The summed E-state index contributed by atoms with van der Waals surface area (Å²) in [5.74, 6) is -1.47. The van der Waals surface area contributed by atoms with Crippen LogP contribution < -0.4 is 5.32 Å². The lowest BCUT2D eigenvalue weighted by Gasteiger charge is -1.97. The maximum Gasteiger partial charge on any atom is 0.309 e. The first-order valence-corrected chi connectivity index (χ1v) is 7.22. The Kier molecular flexibility index (Phi) is 5.15. The fourth-order valence-electron chi connectivity index (χ4n) is 1.66. The third kappa shape index (κ3) is 5.00. The van der Waals surface area contributed by atoms with Crippen molar-refractivity contribution in [3.63, 3.8) is 0 Å². The van der Waals surface area contributed by atoms with Gasteiger partial charge in [-0.2, -0.15) is 0 Å². The van der Waals surface area contributed by atoms with Gasteiger partial charge in [-0.05, 0) is 11.6 Å². The molecule has 0 aliphatic heterocycles. The number of hydrogen-bond acceptors (Lipinski definition) is 6. The van der Waals surface area contributed by atoms with E-state index in [1.54, 1.807) is 11.4 Å². The van der Waals surface area contributed by atoms with Gasteiger partial charge in [0.05, 0.1) is 17.0 Å². The van der Waals surface area contributed by atoms with Crippen molar-refractivity contribution in [3.8, 4) is 0 Å². The zero-order chi connectivity index (χ0) is 16.8. The highest BCUT2D eigenvalue weighted by atomic mass is 32.1. The number of hydrogen-bond donors (Lipinski definition) is 2. The molecule has 1 amide bonds. The number of aromatic nitrogens is 1. The summed E-state index contributed by atoms with van der Waals surface area (Å²) < 4.78 is 0. The summed E-state index contributed by atoms with van der Waals surface area (Å²) >= 11 is 1.12. The number of aliphatic carboxylic acids is 1. The maximum absolute atomic E-state index is 11.8. The molecule has 0 aliphatic carbocycles. The van der Waals surface area contributed by atoms with Crippen LogP contribution in [0.3, 0.4) is 0 Å². The number of benzene rings is 1. The van der Waals surface area contributed by atoms with Crippen LogP contribution in [0.15, 0.2) is 35.7 Å². The second-order valence-corrected chi connectivity index (χ2v) is 5.25. The summed E-state index contributed by atoms with van der Waals surface area (Å²) in [5.41, 5.74) is 0.811. The minimum absolute atomic E-state index is 0.0641. The first-order valence-electron chi connectivity index (χ1n) is 6.34. The van der Waals surface area contributed by atoms with Gasteiger partial charge >= 0.3 is 5.97 Å². The van der Waals surface area contributed by atoms with E-state index in [-0.39, 0.29) is 17.2 Å². The van der Waals surface area contributed by atoms with Crippen molar-refractivity contribution >= 4 is 40.1 Å². The molecule has 0 radical (unpaired) electrons. The topological polar surface area (TPSA) is 122 Å². The van der Waals surface area contributed by atoms with Crippen molar-refractivity contribution < 1.29 is 19.6 Å². The molecule has 0 spiro atoms. The van der Waals surface area contributed by atoms with Crippen LogP contribution in [-0.4, -0.2) is 26.9 Å². The number of nitrogens with one attached hydrogen (secondary N) is 1. The molecule has 0 saturated heterocycles. The van der Waals surface area contributed by atoms with Crippen LogP contribution in [0.5, 0.6) is 0 Å². The van der Waals surface area contributed by atoms with Gasteiger partial charge in [-0.25, -0.2) is 4.98 Å². The highest BCUT2D eigenvalue weighted by molar-refractivity contribution is 7.14. The van der Waals surface area contributed by atoms with Crippen molar-refractivity contribution in [1.82, 2.24) is 4.98 Å². The first-order chi connectivity index (χ1) is 10.9. The Morgan fingerprint density at radius 2 is 2.22 bits per heavy atom. The molecule has 2 aromatic rings. The van der Waals surface area contributed by atoms with Crippen LogP contribution >= 0.6 is 11.3 Å². The average molecular weight is 333 g/mol. The smallest absolute Gasteiger partial charge is 0.309 e. The highest BCUT2D eigenvalue weighted by Crippen LogP contribution is 2.17. The van der Waals surface area contributed by atoms with Crippen molar-refractivity contribution in [2.24, 2.45) is 0 Å². The van der Waals surface area contributed by atoms with E-state index in [0.29, 0.717) is 11.3 Å². The minimum Gasteiger partial charge on any atom is -0.481 e. The SMILES string of the molecule is O=C(O)Cc1csc(NC(=O)/C=C/c2cccc([N+](=O)[O-])c2)n1. The van der Waals surface area contributed by atoms with E-state index in [4.69, 9.17) is 5.11 Å². The molecular weight excluding hydrogens is 322 g/mol. The molecule has 23 heavy (non-hydrogen) atoms. The molecular formula is C14H11N3O5S. The van der Waals surface area contributed by atoms with Crippen LogP contribution in [0, 0.1) is 10.1 Å². The van der Waals surface area contributed by atoms with Gasteiger partial charge in [-0.3, -0.25) is 25.0 Å². The number of amides is 1. The van der Waals surface area contributed by atoms with Crippen LogP contribution in [0.25, 0.3) is 6.08 Å². The fraction of sp³-hybridized carbons (Fsp3) is 0.0714. The Labute approximate surface area is 134 Å². The van der Waals surface area contributed by atoms with E-state index in [1.165, 1.54) is 30.4 Å². The predicted octanol–water partition coefficient (Wildman–Crippen LogP) is 2.33. The first kappa shape index (κ1) is 16.3. The molecule has 1 heterocycles. The molecule has 0 saturated carbocycles. The molecule has 0 aliphatic rings. The number of nitro benzene ring substituents is 1. The zero-order valence-corrected chi connectivity index (χ0v) is 12.4. The second-order valence-electron chi connectivity index (χ2n) is 4.39. The van der Waals surface area contributed by atoms with E-state index in [9.17, 15) is 19.7 Å². The van der Waals surface area contributed by atoms with Gasteiger partial charge in [0.2, 0.25) is 5.91 Å². The van der Waals surface area contributed by atoms with E-state index in [0.717, 1.165) is 11.3 Å². The molecule has 8 nitrogen and oxygen atoms in total. The van der Waals surface area contributed by atoms with E-state index < -0.39 is 16.8 Å². The number of carbonyl (C=O) groups is 2. The minimum atomic E-state index is -1.00. The van der Waals surface area contributed by atoms with Crippen molar-refractivity contribution in [2.75, 3.05) is 5.32 Å². The number of carboxylic acid groups (broad SMARTS) is 1. The highest BCUT2D eigenvalue weighted by Gasteiger charge is 2.08. The normalized spacial score (nSPS) is 10.6. The molecule has 1 aromatic carbocycles. The molecule has 0 bridgehead atoms. The molecule has 2 rings (SSSR count). The van der Waals surface area contributed by atoms with E-state index >= 15 is 0 Å². The number of nitro groups is 1. The van der Waals surface area contributed by atoms with Gasteiger partial charge in [0.15, 0.2) is 5.13 Å². The van der Waals surface area contributed by atoms with Crippen molar-refractivity contribution in [3.05, 3.63) is 57.1 Å². The maximum atomic E-state index is 11.8. The largest absolute Gasteiger partial charge is 0.481 e. The Hall–Kier alpha value is -3.07. The molecule has 0 atom stereocenters. The Bertz CT molecular complexity index is 784. The molecule has 1 aromatic heterocycles. The third-order valence-corrected chi connectivity index (χ3v) is 3.43. The quantitative estimate of drug-likeness (QED) is 0.475. The zero-order valence-electron chi connectivity index (χ0n) is 11.6. The van der Waals surface area contributed by atoms with Crippen LogP contribution in [-0.2, 0) is 16.0 Å². The van der Waals surface area contributed by atoms with Crippen LogP contribution in [0.2, 0.25) is 0 Å². The van der Waals surface area contributed by atoms with Crippen LogP contribution in [0.4, 0.5) is 10.8 Å². The van der Waals surface area contributed by atoms with Crippen molar-refractivity contribution in [2.45, 2.75) is 6.42 Å². The Balaban J connectivity index is 1.99. The van der Waals surface area contributed by atoms with Gasteiger partial charge in [0.25, 0.3) is 5.69 Å². The summed E-state index contributed by atoms with van der Waals surface area (Å²) in [5, 5.41) is 23.6. The Morgan fingerprint density at radius 3 is 2.91 bits per heavy atom. The molecule has 0 fully saturated rings. The molecule has 2 N–H and O–H groups in total. The average Bonchev–Trinajstić information content (AvgIpc) is 2.91. The molecule has 9 heteroatoms. The number of carbonyl (C=O) groups excluding carboxylic acids is 1. The van der Waals surface area contributed by atoms with Crippen LogP contribution in [0.1, 0.15) is 11.3 Å². The van der Waals surface area contributed by atoms with Gasteiger partial charge in [-0.1, -0.05) is 12.1 Å². The Morgan fingerprint density at radius 1 is 1.43 bits per heavy atom. The molecule has 0 unspecified atom stereocenters. The standard InChI is InChI=1S/C14H11N3O5S/c18-12(16-14-15-10(8-23-14)7-13(19)20)5-4-9-2-1-3-11(6-9)17(21)22/h1-6,8H,7H2,(H,19,20)(H,15,16,18)/b5-4+. The van der Waals surface area contributed by atoms with Gasteiger partial charge in [0, 0.05) is 23.6 Å². The summed E-state index contributed by atoms with van der Waals surface area (Å²) in [6, 6.07) is 5.86. The summed E-state index contributed by atoms with van der Waals surface area (Å²) in [7, 11) is 0. The van der Waals surface area contributed by atoms with E-state index in [2.05, 4.69) is 10.3 Å². The van der Waals surface area contributed by atoms with Crippen molar-refractivity contribution in [1.29, 1.82) is 0 Å². The lowest BCUT2D eigenvalue weighted by atomic mass is 10.2. The monoisotopic (exact) mass is 333 g/mol. The van der Waals surface area contributed by atoms with Gasteiger partial charge < -0.3 is 5.11 Å². The lowest BCUT2D eigenvalue weighted by molar-refractivity contribution is -0.384. The number of thiazole rings is 1. The third-order valence-electron chi connectivity index (χ3n) is 2.62. The second kappa shape index (κ2) is 7.27. The number of non-ortho nitro benzene ring substituents is 1. The van der Waals surface area contributed by atoms with Gasteiger partial charge in [-0.15, -0.1) is 11.3 Å².